The van der Waals surface area contributed by atoms with E-state index in [2.05, 4.69) is 17.2 Å². The van der Waals surface area contributed by atoms with Gasteiger partial charge in [0.1, 0.15) is 11.9 Å². The molecule has 17 heavy (non-hydrogen) atoms. The van der Waals surface area contributed by atoms with Crippen LogP contribution in [-0.4, -0.2) is 16.5 Å². The molecule has 1 aliphatic carbocycles. The SMILES string of the molecule is CCC1(CNc2cccnc2[N+](=O)[O-])CCC1. The Morgan fingerprint density at radius 3 is 2.88 bits per heavy atom. The zero-order valence-corrected chi connectivity index (χ0v) is 9.98. The summed E-state index contributed by atoms with van der Waals surface area (Å²) >= 11 is 0. The van der Waals surface area contributed by atoms with Gasteiger partial charge in [0, 0.05) is 6.54 Å². The van der Waals surface area contributed by atoms with Gasteiger partial charge in [-0.2, -0.15) is 0 Å². The number of pyridine rings is 1. The molecule has 1 N–H and O–H groups in total. The summed E-state index contributed by atoms with van der Waals surface area (Å²) < 4.78 is 0. The highest BCUT2D eigenvalue weighted by atomic mass is 16.6. The molecule has 1 fully saturated rings. The van der Waals surface area contributed by atoms with E-state index in [1.807, 2.05) is 0 Å². The Balaban J connectivity index is 2.06. The van der Waals surface area contributed by atoms with Crippen LogP contribution in [0.15, 0.2) is 18.3 Å². The van der Waals surface area contributed by atoms with E-state index in [9.17, 15) is 10.1 Å². The summed E-state index contributed by atoms with van der Waals surface area (Å²) in [5, 5.41) is 14.0. The van der Waals surface area contributed by atoms with Crippen LogP contribution in [0, 0.1) is 15.5 Å². The van der Waals surface area contributed by atoms with E-state index in [4.69, 9.17) is 0 Å². The van der Waals surface area contributed by atoms with Crippen molar-refractivity contribution in [1.29, 1.82) is 0 Å². The third kappa shape index (κ3) is 2.38. The van der Waals surface area contributed by atoms with Gasteiger partial charge in [0.25, 0.3) is 0 Å². The highest BCUT2D eigenvalue weighted by Gasteiger charge is 2.35. The molecule has 0 spiro atoms. The first kappa shape index (κ1) is 11.8. The summed E-state index contributed by atoms with van der Waals surface area (Å²) in [6, 6.07) is 3.43. The number of anilines is 1. The van der Waals surface area contributed by atoms with Crippen LogP contribution in [0.1, 0.15) is 32.6 Å². The van der Waals surface area contributed by atoms with Crippen molar-refractivity contribution in [1.82, 2.24) is 4.98 Å². The first-order chi connectivity index (χ1) is 8.17. The van der Waals surface area contributed by atoms with Crippen molar-refractivity contribution >= 4 is 11.5 Å². The Labute approximate surface area is 100 Å². The van der Waals surface area contributed by atoms with Crippen LogP contribution in [0.25, 0.3) is 0 Å². The fourth-order valence-corrected chi connectivity index (χ4v) is 2.30. The van der Waals surface area contributed by atoms with Crippen LogP contribution >= 0.6 is 0 Å². The molecule has 92 valence electrons. The van der Waals surface area contributed by atoms with Crippen LogP contribution in [0.2, 0.25) is 0 Å². The van der Waals surface area contributed by atoms with Gasteiger partial charge in [0.2, 0.25) is 0 Å². The van der Waals surface area contributed by atoms with Gasteiger partial charge in [0.15, 0.2) is 0 Å². The fraction of sp³-hybridized carbons (Fsp3) is 0.583. The summed E-state index contributed by atoms with van der Waals surface area (Å²) in [7, 11) is 0. The minimum atomic E-state index is -0.443. The minimum Gasteiger partial charge on any atom is -0.378 e. The predicted octanol–water partition coefficient (Wildman–Crippen LogP) is 2.98. The topological polar surface area (TPSA) is 68.1 Å². The maximum Gasteiger partial charge on any atom is 0.386 e. The predicted molar refractivity (Wildman–Crippen MR) is 66.0 cm³/mol. The zero-order valence-electron chi connectivity index (χ0n) is 9.98. The van der Waals surface area contributed by atoms with Crippen LogP contribution in [0.4, 0.5) is 11.5 Å². The molecule has 1 aromatic heterocycles. The molecule has 0 unspecified atom stereocenters. The average molecular weight is 235 g/mol. The molecule has 0 aromatic carbocycles. The Bertz CT molecular complexity index is 410. The Morgan fingerprint density at radius 2 is 2.35 bits per heavy atom. The molecule has 2 rings (SSSR count). The lowest BCUT2D eigenvalue weighted by atomic mass is 9.67. The van der Waals surface area contributed by atoms with Gasteiger partial charge in [-0.3, -0.25) is 0 Å². The quantitative estimate of drug-likeness (QED) is 0.629. The molecule has 1 heterocycles. The molecule has 5 nitrogen and oxygen atoms in total. The molecule has 0 saturated heterocycles. The van der Waals surface area contributed by atoms with Gasteiger partial charge >= 0.3 is 5.82 Å². The normalized spacial score (nSPS) is 17.2. The van der Waals surface area contributed by atoms with E-state index in [-0.39, 0.29) is 5.82 Å². The molecule has 1 saturated carbocycles. The first-order valence-electron chi connectivity index (χ1n) is 6.00. The Morgan fingerprint density at radius 1 is 1.59 bits per heavy atom. The maximum absolute atomic E-state index is 10.8. The lowest BCUT2D eigenvalue weighted by Gasteiger charge is -2.41. The van der Waals surface area contributed by atoms with Gasteiger partial charge in [-0.15, -0.1) is 0 Å². The Kier molecular flexibility index (Phi) is 3.26. The number of nitrogens with one attached hydrogen (secondary N) is 1. The molecular formula is C12H17N3O2. The zero-order chi connectivity index (χ0) is 12.3. The fourth-order valence-electron chi connectivity index (χ4n) is 2.30. The largest absolute Gasteiger partial charge is 0.386 e. The van der Waals surface area contributed by atoms with Crippen LogP contribution in [0.3, 0.4) is 0 Å². The number of nitro groups is 1. The van der Waals surface area contributed by atoms with E-state index in [0.717, 1.165) is 13.0 Å². The summed E-state index contributed by atoms with van der Waals surface area (Å²) in [6.07, 6.45) is 6.26. The molecule has 0 bridgehead atoms. The lowest BCUT2D eigenvalue weighted by molar-refractivity contribution is -0.388. The van der Waals surface area contributed by atoms with Crippen molar-refractivity contribution < 1.29 is 4.92 Å². The van der Waals surface area contributed by atoms with E-state index >= 15 is 0 Å². The van der Waals surface area contributed by atoms with Crippen molar-refractivity contribution in [2.24, 2.45) is 5.41 Å². The second-order valence-electron chi connectivity index (χ2n) is 4.69. The highest BCUT2D eigenvalue weighted by Crippen LogP contribution is 2.43. The van der Waals surface area contributed by atoms with Crippen molar-refractivity contribution in [3.63, 3.8) is 0 Å². The summed E-state index contributed by atoms with van der Waals surface area (Å²) in [5.74, 6) is -0.0851. The molecule has 5 heteroatoms. The second kappa shape index (κ2) is 4.69. The molecule has 1 aliphatic rings. The number of rotatable bonds is 5. The van der Waals surface area contributed by atoms with Gasteiger partial charge in [-0.05, 0) is 46.7 Å². The van der Waals surface area contributed by atoms with Crippen molar-refractivity contribution in [3.05, 3.63) is 28.4 Å². The molecule has 0 amide bonds. The van der Waals surface area contributed by atoms with E-state index in [1.165, 1.54) is 25.5 Å². The number of hydrogen-bond donors (Lipinski definition) is 1. The smallest absolute Gasteiger partial charge is 0.378 e. The lowest BCUT2D eigenvalue weighted by Crippen LogP contribution is -2.36. The van der Waals surface area contributed by atoms with Crippen molar-refractivity contribution in [2.75, 3.05) is 11.9 Å². The van der Waals surface area contributed by atoms with Crippen LogP contribution in [0.5, 0.6) is 0 Å². The summed E-state index contributed by atoms with van der Waals surface area (Å²) in [4.78, 5) is 14.1. The Hall–Kier alpha value is -1.65. The molecular weight excluding hydrogens is 218 g/mol. The number of aromatic nitrogens is 1. The summed E-state index contributed by atoms with van der Waals surface area (Å²) in [5.41, 5.74) is 0.862. The number of nitrogens with zero attached hydrogens (tertiary/aromatic N) is 2. The van der Waals surface area contributed by atoms with Gasteiger partial charge < -0.3 is 15.4 Å². The van der Waals surface area contributed by atoms with E-state index in [0.29, 0.717) is 11.1 Å². The number of hydrogen-bond acceptors (Lipinski definition) is 4. The maximum atomic E-state index is 10.8. The third-order valence-corrected chi connectivity index (χ3v) is 3.78. The standard InChI is InChI=1S/C12H17N3O2/c1-2-12(6-4-7-12)9-14-10-5-3-8-13-11(10)15(16)17/h3,5,8,14H,2,4,6-7,9H2,1H3. The summed E-state index contributed by atoms with van der Waals surface area (Å²) in [6.45, 7) is 2.98. The average Bonchev–Trinajstić information content (AvgIpc) is 2.28. The first-order valence-corrected chi connectivity index (χ1v) is 6.00. The minimum absolute atomic E-state index is 0.0851. The monoisotopic (exact) mass is 235 g/mol. The third-order valence-electron chi connectivity index (χ3n) is 3.78. The van der Waals surface area contributed by atoms with Gasteiger partial charge in [-0.1, -0.05) is 13.3 Å². The van der Waals surface area contributed by atoms with E-state index < -0.39 is 4.92 Å². The second-order valence-corrected chi connectivity index (χ2v) is 4.69. The van der Waals surface area contributed by atoms with Crippen LogP contribution < -0.4 is 5.32 Å². The van der Waals surface area contributed by atoms with E-state index in [1.54, 1.807) is 12.1 Å². The molecule has 0 atom stereocenters. The molecule has 1 aromatic rings. The molecule has 0 radical (unpaired) electrons. The van der Waals surface area contributed by atoms with Gasteiger partial charge in [0.05, 0.1) is 0 Å². The van der Waals surface area contributed by atoms with Crippen molar-refractivity contribution in [3.8, 4) is 0 Å². The van der Waals surface area contributed by atoms with Crippen LogP contribution in [-0.2, 0) is 0 Å². The van der Waals surface area contributed by atoms with Crippen molar-refractivity contribution in [2.45, 2.75) is 32.6 Å². The highest BCUT2D eigenvalue weighted by molar-refractivity contribution is 5.56. The molecule has 0 aliphatic heterocycles. The van der Waals surface area contributed by atoms with Gasteiger partial charge in [-0.25, -0.2) is 0 Å².